The topological polar surface area (TPSA) is 52.9 Å². The van der Waals surface area contributed by atoms with E-state index >= 15 is 0 Å². The van der Waals surface area contributed by atoms with E-state index in [1.807, 2.05) is 45.0 Å². The quantitative estimate of drug-likeness (QED) is 0.848. The van der Waals surface area contributed by atoms with Crippen molar-refractivity contribution in [2.75, 3.05) is 20.2 Å². The fraction of sp³-hybridized carbons (Fsp3) is 0.667. The molecule has 2 rings (SSSR count). The zero-order valence-electron chi connectivity index (χ0n) is 14.2. The summed E-state index contributed by atoms with van der Waals surface area (Å²) in [4.78, 5) is 2.31. The predicted octanol–water partition coefficient (Wildman–Crippen LogP) is 2.53. The van der Waals surface area contributed by atoms with E-state index in [2.05, 4.69) is 4.90 Å². The monoisotopic (exact) mass is 307 g/mol. The van der Waals surface area contributed by atoms with Gasteiger partial charge in [-0.05, 0) is 64.3 Å². The number of nitrogens with zero attached hydrogens (tertiary/aromatic N) is 1. The molecule has 1 heterocycles. The fourth-order valence-corrected chi connectivity index (χ4v) is 3.27. The van der Waals surface area contributed by atoms with Crippen LogP contribution in [0.4, 0.5) is 0 Å². The molecular formula is C18H29NO3. The molecule has 2 atom stereocenters. The molecular weight excluding hydrogens is 278 g/mol. The van der Waals surface area contributed by atoms with Crippen LogP contribution in [0, 0.1) is 0 Å². The van der Waals surface area contributed by atoms with E-state index < -0.39 is 11.2 Å². The van der Waals surface area contributed by atoms with E-state index in [-0.39, 0.29) is 6.04 Å². The molecule has 0 radical (unpaired) electrons. The first kappa shape index (κ1) is 17.3. The molecule has 1 aromatic carbocycles. The van der Waals surface area contributed by atoms with Crippen LogP contribution in [-0.4, -0.2) is 47.0 Å². The highest BCUT2D eigenvalue weighted by Crippen LogP contribution is 2.35. The first-order valence-corrected chi connectivity index (χ1v) is 8.07. The third kappa shape index (κ3) is 4.00. The van der Waals surface area contributed by atoms with Gasteiger partial charge in [-0.25, -0.2) is 0 Å². The summed E-state index contributed by atoms with van der Waals surface area (Å²) in [6, 6.07) is 7.74. The molecule has 0 saturated carbocycles. The Labute approximate surface area is 133 Å². The first-order chi connectivity index (χ1) is 10.2. The average Bonchev–Trinajstić information content (AvgIpc) is 2.94. The van der Waals surface area contributed by atoms with Crippen LogP contribution < -0.4 is 4.74 Å². The molecule has 2 N–H and O–H groups in total. The van der Waals surface area contributed by atoms with E-state index in [1.165, 1.54) is 0 Å². The predicted molar refractivity (Wildman–Crippen MR) is 88.1 cm³/mol. The molecule has 0 spiro atoms. The lowest BCUT2D eigenvalue weighted by molar-refractivity contribution is -0.0308. The maximum atomic E-state index is 11.1. The molecule has 1 saturated heterocycles. The van der Waals surface area contributed by atoms with Crippen molar-refractivity contribution in [2.45, 2.75) is 57.3 Å². The largest absolute Gasteiger partial charge is 0.497 e. The van der Waals surface area contributed by atoms with Crippen molar-refractivity contribution in [1.29, 1.82) is 0 Å². The van der Waals surface area contributed by atoms with Crippen molar-refractivity contribution < 1.29 is 14.9 Å². The van der Waals surface area contributed by atoms with Crippen LogP contribution in [-0.2, 0) is 5.60 Å². The SMILES string of the molecule is COc1ccc(C(C)(O)C2CCCN2CCC(C)(C)O)cc1. The van der Waals surface area contributed by atoms with Crippen LogP contribution in [0.2, 0.25) is 0 Å². The Morgan fingerprint density at radius 1 is 1.18 bits per heavy atom. The third-order valence-electron chi connectivity index (χ3n) is 4.70. The molecule has 1 aliphatic heterocycles. The van der Waals surface area contributed by atoms with Crippen molar-refractivity contribution in [2.24, 2.45) is 0 Å². The number of hydrogen-bond acceptors (Lipinski definition) is 4. The summed E-state index contributed by atoms with van der Waals surface area (Å²) in [6.45, 7) is 7.34. The van der Waals surface area contributed by atoms with Gasteiger partial charge in [0.2, 0.25) is 0 Å². The van der Waals surface area contributed by atoms with Gasteiger partial charge in [0.1, 0.15) is 11.4 Å². The van der Waals surface area contributed by atoms with E-state index in [9.17, 15) is 10.2 Å². The molecule has 0 amide bonds. The lowest BCUT2D eigenvalue weighted by atomic mass is 9.86. The Hall–Kier alpha value is -1.10. The summed E-state index contributed by atoms with van der Waals surface area (Å²) in [7, 11) is 1.64. The van der Waals surface area contributed by atoms with Crippen LogP contribution in [0.15, 0.2) is 24.3 Å². The molecule has 4 nitrogen and oxygen atoms in total. The van der Waals surface area contributed by atoms with Gasteiger partial charge in [-0.3, -0.25) is 4.90 Å². The van der Waals surface area contributed by atoms with Crippen LogP contribution >= 0.6 is 0 Å². The first-order valence-electron chi connectivity index (χ1n) is 8.07. The summed E-state index contributed by atoms with van der Waals surface area (Å²) in [5.41, 5.74) is -0.657. The van der Waals surface area contributed by atoms with Crippen LogP contribution in [0.3, 0.4) is 0 Å². The molecule has 124 valence electrons. The van der Waals surface area contributed by atoms with Gasteiger partial charge in [0.05, 0.1) is 12.7 Å². The number of methoxy groups -OCH3 is 1. The molecule has 1 fully saturated rings. The number of aliphatic hydroxyl groups is 2. The molecule has 4 heteroatoms. The highest BCUT2D eigenvalue weighted by atomic mass is 16.5. The summed E-state index contributed by atoms with van der Waals surface area (Å²) in [6.07, 6.45) is 2.77. The minimum Gasteiger partial charge on any atom is -0.497 e. The van der Waals surface area contributed by atoms with Crippen molar-refractivity contribution in [3.05, 3.63) is 29.8 Å². The van der Waals surface area contributed by atoms with Crippen LogP contribution in [0.5, 0.6) is 5.75 Å². The Morgan fingerprint density at radius 2 is 1.82 bits per heavy atom. The molecule has 22 heavy (non-hydrogen) atoms. The number of hydrogen-bond donors (Lipinski definition) is 2. The molecule has 0 aromatic heterocycles. The molecule has 0 bridgehead atoms. The summed E-state index contributed by atoms with van der Waals surface area (Å²) in [5.74, 6) is 0.796. The highest BCUT2D eigenvalue weighted by molar-refractivity contribution is 5.31. The lowest BCUT2D eigenvalue weighted by Crippen LogP contribution is -2.46. The standard InChI is InChI=1S/C18H29NO3/c1-17(2,20)11-13-19-12-5-6-16(19)18(3,21)14-7-9-15(22-4)10-8-14/h7-10,16,20-21H,5-6,11-13H2,1-4H3. The van der Waals surface area contributed by atoms with E-state index in [0.717, 1.165) is 37.2 Å². The highest BCUT2D eigenvalue weighted by Gasteiger charge is 2.40. The molecule has 2 unspecified atom stereocenters. The minimum atomic E-state index is -0.900. The van der Waals surface area contributed by atoms with Crippen molar-refractivity contribution in [3.8, 4) is 5.75 Å². The van der Waals surface area contributed by atoms with Crippen molar-refractivity contribution in [3.63, 3.8) is 0 Å². The van der Waals surface area contributed by atoms with Crippen molar-refractivity contribution in [1.82, 2.24) is 4.90 Å². The van der Waals surface area contributed by atoms with Gasteiger partial charge in [-0.15, -0.1) is 0 Å². The smallest absolute Gasteiger partial charge is 0.118 e. The van der Waals surface area contributed by atoms with Gasteiger partial charge in [0.15, 0.2) is 0 Å². The van der Waals surface area contributed by atoms with E-state index in [4.69, 9.17) is 4.74 Å². The van der Waals surface area contributed by atoms with Crippen LogP contribution in [0.25, 0.3) is 0 Å². The Balaban J connectivity index is 2.12. The normalized spacial score (nSPS) is 22.5. The minimum absolute atomic E-state index is 0.0863. The molecule has 1 aromatic rings. The number of ether oxygens (including phenoxy) is 1. The fourth-order valence-electron chi connectivity index (χ4n) is 3.27. The number of rotatable bonds is 6. The second-order valence-electron chi connectivity index (χ2n) is 7.13. The lowest BCUT2D eigenvalue weighted by Gasteiger charge is -2.38. The number of likely N-dealkylation sites (tertiary alicyclic amines) is 1. The zero-order chi connectivity index (χ0) is 16.4. The average molecular weight is 307 g/mol. The maximum Gasteiger partial charge on any atom is 0.118 e. The van der Waals surface area contributed by atoms with Gasteiger partial charge in [-0.1, -0.05) is 12.1 Å². The van der Waals surface area contributed by atoms with Gasteiger partial charge < -0.3 is 14.9 Å². The van der Waals surface area contributed by atoms with Crippen molar-refractivity contribution >= 4 is 0 Å². The molecule has 0 aliphatic carbocycles. The number of benzene rings is 1. The Morgan fingerprint density at radius 3 is 2.36 bits per heavy atom. The van der Waals surface area contributed by atoms with Gasteiger partial charge in [0.25, 0.3) is 0 Å². The van der Waals surface area contributed by atoms with E-state index in [1.54, 1.807) is 7.11 Å². The molecule has 1 aliphatic rings. The summed E-state index contributed by atoms with van der Waals surface area (Å²) < 4.78 is 5.18. The van der Waals surface area contributed by atoms with Gasteiger partial charge in [-0.2, -0.15) is 0 Å². The second kappa shape index (κ2) is 6.57. The van der Waals surface area contributed by atoms with E-state index in [0.29, 0.717) is 6.42 Å². The van der Waals surface area contributed by atoms with Gasteiger partial charge >= 0.3 is 0 Å². The van der Waals surface area contributed by atoms with Gasteiger partial charge in [0, 0.05) is 12.6 Å². The second-order valence-corrected chi connectivity index (χ2v) is 7.13. The maximum absolute atomic E-state index is 11.1. The van der Waals surface area contributed by atoms with Crippen LogP contribution in [0.1, 0.15) is 45.6 Å². The zero-order valence-corrected chi connectivity index (χ0v) is 14.2. The summed E-state index contributed by atoms with van der Waals surface area (Å²) >= 11 is 0. The Bertz CT molecular complexity index is 476. The Kier molecular flexibility index (Phi) is 5.15. The third-order valence-corrected chi connectivity index (χ3v) is 4.70. The summed E-state index contributed by atoms with van der Waals surface area (Å²) in [5, 5.41) is 21.0.